The number of nitrogens with zero attached hydrogens (tertiary/aromatic N) is 2. The second-order valence-corrected chi connectivity index (χ2v) is 12.8. The maximum atomic E-state index is 14.3. The van der Waals surface area contributed by atoms with Gasteiger partial charge in [-0.05, 0) is 78.0 Å². The number of likely N-dealkylation sites (N-methyl/N-ethyl adjacent to an activating group) is 1. The number of aliphatic hydroxyl groups is 1. The summed E-state index contributed by atoms with van der Waals surface area (Å²) in [6.45, 7) is 10.6. The maximum absolute atomic E-state index is 14.3. The number of ether oxygens (including phenoxy) is 2. The lowest BCUT2D eigenvalue weighted by molar-refractivity contribution is -0.120. The Balaban J connectivity index is 1.91. The fraction of sp³-hybridized carbons (Fsp3) is 0.727. The minimum absolute atomic E-state index is 0.0115. The summed E-state index contributed by atoms with van der Waals surface area (Å²) in [7, 11) is 1.75. The first-order valence-corrected chi connectivity index (χ1v) is 16.2. The highest BCUT2D eigenvalue weighted by atomic mass is 16.5. The molecular formula is C33H54N4O6. The van der Waals surface area contributed by atoms with Crippen molar-refractivity contribution in [2.75, 3.05) is 38.7 Å². The number of nitrogens with one attached hydrogen (secondary N) is 2. The molecule has 43 heavy (non-hydrogen) atoms. The Hall–Kier alpha value is -2.85. The number of hydrogen-bond acceptors (Lipinski definition) is 6. The van der Waals surface area contributed by atoms with Gasteiger partial charge < -0.3 is 35.0 Å². The first kappa shape index (κ1) is 34.6. The fourth-order valence-corrected chi connectivity index (χ4v) is 5.78. The van der Waals surface area contributed by atoms with Crippen LogP contribution in [0.25, 0.3) is 0 Å². The van der Waals surface area contributed by atoms with Gasteiger partial charge >= 0.3 is 6.03 Å². The van der Waals surface area contributed by atoms with E-state index >= 15 is 0 Å². The number of rotatable bonds is 7. The average Bonchev–Trinajstić information content (AvgIpc) is 2.98. The van der Waals surface area contributed by atoms with Gasteiger partial charge in [-0.25, -0.2) is 4.79 Å². The lowest BCUT2D eigenvalue weighted by atomic mass is 9.88. The third-order valence-corrected chi connectivity index (χ3v) is 8.51. The fourth-order valence-electron chi connectivity index (χ4n) is 5.78. The Morgan fingerprint density at radius 2 is 1.77 bits per heavy atom. The van der Waals surface area contributed by atoms with Crippen LogP contribution in [0.4, 0.5) is 10.5 Å². The van der Waals surface area contributed by atoms with Crippen LogP contribution in [0, 0.1) is 11.8 Å². The second kappa shape index (κ2) is 16.9. The first-order chi connectivity index (χ1) is 20.5. The van der Waals surface area contributed by atoms with Crippen molar-refractivity contribution in [3.8, 4) is 5.75 Å². The number of hydrogen-bond donors (Lipinski definition) is 3. The lowest BCUT2D eigenvalue weighted by Crippen LogP contribution is -2.49. The summed E-state index contributed by atoms with van der Waals surface area (Å²) < 4.78 is 12.6. The number of benzene rings is 1. The minimum Gasteiger partial charge on any atom is -0.490 e. The van der Waals surface area contributed by atoms with Gasteiger partial charge in [0.1, 0.15) is 5.75 Å². The average molecular weight is 603 g/mol. The van der Waals surface area contributed by atoms with Crippen LogP contribution in [0.1, 0.15) is 96.3 Å². The summed E-state index contributed by atoms with van der Waals surface area (Å²) >= 11 is 0. The third kappa shape index (κ3) is 10.4. The van der Waals surface area contributed by atoms with Crippen molar-refractivity contribution >= 4 is 23.5 Å². The van der Waals surface area contributed by atoms with Crippen molar-refractivity contribution in [3.63, 3.8) is 0 Å². The van der Waals surface area contributed by atoms with Crippen molar-refractivity contribution < 1.29 is 29.0 Å². The van der Waals surface area contributed by atoms with E-state index in [1.807, 2.05) is 34.6 Å². The summed E-state index contributed by atoms with van der Waals surface area (Å²) in [5.74, 6) is 0.00518. The van der Waals surface area contributed by atoms with Gasteiger partial charge in [0.15, 0.2) is 0 Å². The highest BCUT2D eigenvalue weighted by Crippen LogP contribution is 2.30. The highest BCUT2D eigenvalue weighted by Gasteiger charge is 2.31. The molecule has 1 aliphatic heterocycles. The second-order valence-electron chi connectivity index (χ2n) is 12.8. The van der Waals surface area contributed by atoms with Crippen molar-refractivity contribution in [1.82, 2.24) is 15.1 Å². The molecule has 242 valence electrons. The van der Waals surface area contributed by atoms with E-state index in [2.05, 4.69) is 10.6 Å². The van der Waals surface area contributed by atoms with Gasteiger partial charge in [-0.15, -0.1) is 0 Å². The summed E-state index contributed by atoms with van der Waals surface area (Å²) in [5, 5.41) is 16.1. The van der Waals surface area contributed by atoms with Gasteiger partial charge in [0.25, 0.3) is 5.91 Å². The quantitative estimate of drug-likeness (QED) is 0.402. The number of anilines is 1. The van der Waals surface area contributed by atoms with Gasteiger partial charge in [-0.2, -0.15) is 0 Å². The van der Waals surface area contributed by atoms with Gasteiger partial charge in [-0.1, -0.05) is 26.2 Å². The number of amides is 4. The zero-order valence-electron chi connectivity index (χ0n) is 27.1. The molecule has 2 aliphatic rings. The van der Waals surface area contributed by atoms with Crippen molar-refractivity contribution in [2.24, 2.45) is 11.8 Å². The Bertz CT molecular complexity index is 1060. The van der Waals surface area contributed by atoms with Crippen molar-refractivity contribution in [1.29, 1.82) is 0 Å². The number of carbonyl (C=O) groups is 3. The number of urea groups is 1. The van der Waals surface area contributed by atoms with Gasteiger partial charge in [0.05, 0.1) is 30.4 Å². The molecule has 3 N–H and O–H groups in total. The van der Waals surface area contributed by atoms with E-state index in [-0.39, 0.29) is 54.5 Å². The van der Waals surface area contributed by atoms with Crippen LogP contribution in [0.2, 0.25) is 0 Å². The standard InChI is InChI=1S/C33H54N4O6/c1-22(2)34-33(41)36(6)20-30-23(3)19-37(24(4)21-38)32(40)28-18-27(35-31(39)26-13-8-7-9-14-26)15-16-29(28)43-25(5)12-10-11-17-42-30/h15-16,18,22-26,30,38H,7-14,17,19-21H2,1-6H3,(H,34,41)(H,35,39)/t23-,24+,25+,30-/m1/s1. The normalized spacial score (nSPS) is 23.5. The van der Waals surface area contributed by atoms with E-state index in [0.29, 0.717) is 36.7 Å². The van der Waals surface area contributed by atoms with E-state index in [1.54, 1.807) is 35.0 Å². The van der Waals surface area contributed by atoms with Crippen LogP contribution in [0.3, 0.4) is 0 Å². The molecule has 3 rings (SSSR count). The smallest absolute Gasteiger partial charge is 0.317 e. The topological polar surface area (TPSA) is 120 Å². The molecule has 0 radical (unpaired) electrons. The predicted molar refractivity (Wildman–Crippen MR) is 168 cm³/mol. The van der Waals surface area contributed by atoms with Crippen LogP contribution >= 0.6 is 0 Å². The number of fused-ring (bicyclic) bond motifs is 1. The molecule has 0 aromatic heterocycles. The van der Waals surface area contributed by atoms with Gasteiger partial charge in [0, 0.05) is 50.3 Å². The summed E-state index contributed by atoms with van der Waals surface area (Å²) in [5.41, 5.74) is 0.910. The molecule has 1 aromatic rings. The molecule has 4 amide bonds. The van der Waals surface area contributed by atoms with E-state index in [0.717, 1.165) is 51.4 Å². The predicted octanol–water partition coefficient (Wildman–Crippen LogP) is 5.05. The van der Waals surface area contributed by atoms with Crippen LogP contribution in [0.5, 0.6) is 5.75 Å². The molecule has 0 spiro atoms. The van der Waals surface area contributed by atoms with E-state index in [4.69, 9.17) is 9.47 Å². The molecule has 4 atom stereocenters. The van der Waals surface area contributed by atoms with Gasteiger partial charge in [0.2, 0.25) is 5.91 Å². The molecular weight excluding hydrogens is 548 g/mol. The Morgan fingerprint density at radius 3 is 2.44 bits per heavy atom. The third-order valence-electron chi connectivity index (χ3n) is 8.51. The maximum Gasteiger partial charge on any atom is 0.317 e. The molecule has 1 heterocycles. The van der Waals surface area contributed by atoms with Crippen molar-refractivity contribution in [3.05, 3.63) is 23.8 Å². The first-order valence-electron chi connectivity index (χ1n) is 16.2. The van der Waals surface area contributed by atoms with Crippen LogP contribution < -0.4 is 15.4 Å². The van der Waals surface area contributed by atoms with Crippen LogP contribution in [-0.4, -0.2) is 90.4 Å². The molecule has 1 aromatic carbocycles. The zero-order chi connectivity index (χ0) is 31.5. The summed E-state index contributed by atoms with van der Waals surface area (Å²) in [6, 6.07) is 4.63. The molecule has 0 saturated heterocycles. The highest BCUT2D eigenvalue weighted by molar-refractivity contribution is 6.00. The molecule has 1 fully saturated rings. The Kier molecular flexibility index (Phi) is 13.6. The SMILES string of the molecule is CC(C)NC(=O)N(C)C[C@H]1OCCCC[C@H](C)Oc2ccc(NC(=O)C3CCCCC3)cc2C(=O)N([C@@H](C)CO)C[C@H]1C. The molecule has 1 saturated carbocycles. The molecule has 0 unspecified atom stereocenters. The molecule has 10 nitrogen and oxygen atoms in total. The van der Waals surface area contributed by atoms with Crippen molar-refractivity contribution in [2.45, 2.75) is 110 Å². The van der Waals surface area contributed by atoms with Gasteiger partial charge in [-0.3, -0.25) is 9.59 Å². The summed E-state index contributed by atoms with van der Waals surface area (Å²) in [4.78, 5) is 43.2. The lowest BCUT2D eigenvalue weighted by Gasteiger charge is -2.36. The van der Waals surface area contributed by atoms with Crippen LogP contribution in [0.15, 0.2) is 18.2 Å². The minimum atomic E-state index is -0.476. The zero-order valence-corrected chi connectivity index (χ0v) is 27.1. The Morgan fingerprint density at radius 1 is 1.07 bits per heavy atom. The molecule has 1 aliphatic carbocycles. The van der Waals surface area contributed by atoms with E-state index < -0.39 is 6.04 Å². The van der Waals surface area contributed by atoms with E-state index in [9.17, 15) is 19.5 Å². The molecule has 0 bridgehead atoms. The summed E-state index contributed by atoms with van der Waals surface area (Å²) in [6.07, 6.45) is 7.10. The number of carbonyl (C=O) groups excluding carboxylic acids is 3. The van der Waals surface area contributed by atoms with Crippen LogP contribution in [-0.2, 0) is 9.53 Å². The number of aliphatic hydroxyl groups excluding tert-OH is 1. The van der Waals surface area contributed by atoms with E-state index in [1.165, 1.54) is 0 Å². The molecule has 10 heteroatoms. The monoisotopic (exact) mass is 602 g/mol. The Labute approximate surface area is 257 Å². The largest absolute Gasteiger partial charge is 0.490 e.